The molecule has 122 valence electrons. The van der Waals surface area contributed by atoms with Gasteiger partial charge in [0.2, 0.25) is 5.91 Å². The zero-order valence-corrected chi connectivity index (χ0v) is 14.7. The Morgan fingerprint density at radius 3 is 2.45 bits per heavy atom. The zero-order chi connectivity index (χ0) is 16.4. The Hall–Kier alpha value is -0.770. The van der Waals surface area contributed by atoms with Gasteiger partial charge in [-0.1, -0.05) is 44.2 Å². The molecule has 3 nitrogen and oxygen atoms in total. The average Bonchev–Trinajstić information content (AvgIpc) is 2.93. The minimum Gasteiger partial charge on any atom is -0.375 e. The molecule has 0 spiro atoms. The van der Waals surface area contributed by atoms with E-state index in [4.69, 9.17) is 27.9 Å². The minimum atomic E-state index is -0.962. The first-order valence-electron chi connectivity index (χ1n) is 7.66. The second-order valence-electron chi connectivity index (χ2n) is 6.04. The van der Waals surface area contributed by atoms with Gasteiger partial charge in [-0.2, -0.15) is 0 Å². The molecule has 0 unspecified atom stereocenters. The van der Waals surface area contributed by atoms with Crippen LogP contribution in [0, 0.1) is 11.3 Å². The Morgan fingerprint density at radius 2 is 1.95 bits per heavy atom. The highest BCUT2D eigenvalue weighted by Gasteiger charge is 2.76. The van der Waals surface area contributed by atoms with Crippen LogP contribution < -0.4 is 5.32 Å². The number of hydrogen-bond acceptors (Lipinski definition) is 2. The fraction of sp³-hybridized carbons (Fsp3) is 0.588. The Morgan fingerprint density at radius 1 is 1.36 bits per heavy atom. The molecule has 1 N–H and O–H groups in total. The summed E-state index contributed by atoms with van der Waals surface area (Å²) < 4.78 is 4.69. The summed E-state index contributed by atoms with van der Waals surface area (Å²) in [6, 6.07) is 9.86. The molecule has 1 saturated carbocycles. The first-order chi connectivity index (χ1) is 10.4. The lowest BCUT2D eigenvalue weighted by Crippen LogP contribution is -2.42. The van der Waals surface area contributed by atoms with Gasteiger partial charge < -0.3 is 10.1 Å². The van der Waals surface area contributed by atoms with E-state index >= 15 is 0 Å². The van der Waals surface area contributed by atoms with Crippen LogP contribution in [0.1, 0.15) is 32.8 Å². The van der Waals surface area contributed by atoms with Crippen molar-refractivity contribution < 1.29 is 9.53 Å². The van der Waals surface area contributed by atoms with Crippen LogP contribution >= 0.6 is 23.2 Å². The molecule has 1 aromatic carbocycles. The van der Waals surface area contributed by atoms with Crippen molar-refractivity contribution in [3.05, 3.63) is 35.9 Å². The van der Waals surface area contributed by atoms with Crippen molar-refractivity contribution in [2.45, 2.75) is 44.2 Å². The lowest BCUT2D eigenvalue weighted by atomic mass is 9.99. The van der Waals surface area contributed by atoms with E-state index in [-0.39, 0.29) is 17.9 Å². The van der Waals surface area contributed by atoms with E-state index < -0.39 is 9.75 Å². The molecule has 0 radical (unpaired) electrons. The second kappa shape index (κ2) is 6.77. The van der Waals surface area contributed by atoms with Gasteiger partial charge in [0.1, 0.15) is 4.33 Å². The van der Waals surface area contributed by atoms with E-state index in [0.717, 1.165) is 5.56 Å². The van der Waals surface area contributed by atoms with Crippen molar-refractivity contribution in [2.75, 3.05) is 6.61 Å². The van der Waals surface area contributed by atoms with Crippen molar-refractivity contribution in [3.8, 4) is 0 Å². The smallest absolute Gasteiger partial charge is 0.229 e. The molecular weight excluding hydrogens is 321 g/mol. The van der Waals surface area contributed by atoms with Gasteiger partial charge >= 0.3 is 0 Å². The molecular formula is C17H23Cl2NO2. The van der Waals surface area contributed by atoms with Crippen LogP contribution in [0.3, 0.4) is 0 Å². The monoisotopic (exact) mass is 343 g/mol. The standard InChI is InChI=1S/C17H23Cl2NO2/c1-4-16(13(3)17(16,18)19)15(21)20-12(2)10-22-11-14-8-6-5-7-9-14/h5-9,12-13H,4,10-11H2,1-3H3,(H,20,21)/t12-,13-,16-/m0/s1. The summed E-state index contributed by atoms with van der Waals surface area (Å²) in [5, 5.41) is 2.97. The van der Waals surface area contributed by atoms with E-state index in [1.807, 2.05) is 51.1 Å². The van der Waals surface area contributed by atoms with E-state index in [1.54, 1.807) is 0 Å². The van der Waals surface area contributed by atoms with Crippen LogP contribution in [0.15, 0.2) is 30.3 Å². The molecule has 0 bridgehead atoms. The third-order valence-corrected chi connectivity index (χ3v) is 5.94. The highest BCUT2D eigenvalue weighted by molar-refractivity contribution is 6.53. The molecule has 0 saturated heterocycles. The van der Waals surface area contributed by atoms with Gasteiger partial charge in [-0.25, -0.2) is 0 Å². The van der Waals surface area contributed by atoms with E-state index in [9.17, 15) is 4.79 Å². The number of amides is 1. The number of halogens is 2. The molecule has 0 aliphatic heterocycles. The normalized spacial score (nSPS) is 27.2. The van der Waals surface area contributed by atoms with E-state index in [1.165, 1.54) is 0 Å². The number of rotatable bonds is 7. The molecule has 1 fully saturated rings. The molecule has 0 aromatic heterocycles. The maximum Gasteiger partial charge on any atom is 0.229 e. The van der Waals surface area contributed by atoms with Crippen LogP contribution in [0.4, 0.5) is 0 Å². The number of carbonyl (C=O) groups is 1. The number of ether oxygens (including phenoxy) is 1. The average molecular weight is 344 g/mol. The first-order valence-corrected chi connectivity index (χ1v) is 8.42. The van der Waals surface area contributed by atoms with E-state index in [0.29, 0.717) is 19.6 Å². The predicted molar refractivity (Wildman–Crippen MR) is 90.0 cm³/mol. The summed E-state index contributed by atoms with van der Waals surface area (Å²) >= 11 is 12.5. The Bertz CT molecular complexity index is 521. The van der Waals surface area contributed by atoms with Crippen molar-refractivity contribution in [1.29, 1.82) is 0 Å². The summed E-state index contributed by atoms with van der Waals surface area (Å²) in [5.74, 6) is -0.117. The van der Waals surface area contributed by atoms with Crippen molar-refractivity contribution >= 4 is 29.1 Å². The molecule has 1 amide bonds. The maximum absolute atomic E-state index is 12.5. The molecule has 1 aliphatic carbocycles. The Balaban J connectivity index is 1.80. The third-order valence-electron chi connectivity index (χ3n) is 4.61. The SMILES string of the molecule is CC[C@@]1(C(=O)N[C@@H](C)COCc2ccccc2)[C@H](C)C1(Cl)Cl. The summed E-state index contributed by atoms with van der Waals surface area (Å²) in [4.78, 5) is 12.5. The molecule has 1 aromatic rings. The van der Waals surface area contributed by atoms with Crippen molar-refractivity contribution in [2.24, 2.45) is 11.3 Å². The van der Waals surface area contributed by atoms with Crippen molar-refractivity contribution in [3.63, 3.8) is 0 Å². The number of nitrogens with one attached hydrogen (secondary N) is 1. The fourth-order valence-electron chi connectivity index (χ4n) is 3.01. The summed E-state index contributed by atoms with van der Waals surface area (Å²) in [7, 11) is 0. The first kappa shape index (κ1) is 17.6. The fourth-order valence-corrected chi connectivity index (χ4v) is 4.04. The summed E-state index contributed by atoms with van der Waals surface area (Å²) in [6.07, 6.45) is 0.630. The topological polar surface area (TPSA) is 38.3 Å². The van der Waals surface area contributed by atoms with Gasteiger partial charge in [0.15, 0.2) is 0 Å². The molecule has 2 rings (SSSR count). The highest BCUT2D eigenvalue weighted by atomic mass is 35.5. The molecule has 3 atom stereocenters. The predicted octanol–water partition coefficient (Wildman–Crippen LogP) is 3.93. The van der Waals surface area contributed by atoms with Crippen LogP contribution in [-0.2, 0) is 16.1 Å². The van der Waals surface area contributed by atoms with Crippen LogP contribution in [0.2, 0.25) is 0 Å². The van der Waals surface area contributed by atoms with Crippen LogP contribution in [-0.4, -0.2) is 22.9 Å². The number of alkyl halides is 2. The third kappa shape index (κ3) is 3.12. The van der Waals surface area contributed by atoms with E-state index in [2.05, 4.69) is 5.32 Å². The molecule has 22 heavy (non-hydrogen) atoms. The highest BCUT2D eigenvalue weighted by Crippen LogP contribution is 2.70. The van der Waals surface area contributed by atoms with Crippen LogP contribution in [0.25, 0.3) is 0 Å². The van der Waals surface area contributed by atoms with Gasteiger partial charge in [-0.05, 0) is 18.9 Å². The van der Waals surface area contributed by atoms with Crippen LogP contribution in [0.5, 0.6) is 0 Å². The molecule has 0 heterocycles. The maximum atomic E-state index is 12.5. The Kier molecular flexibility index (Phi) is 5.41. The number of carbonyl (C=O) groups excluding carboxylic acids is 1. The van der Waals surface area contributed by atoms with Gasteiger partial charge in [0.25, 0.3) is 0 Å². The van der Waals surface area contributed by atoms with Gasteiger partial charge in [-0.3, -0.25) is 4.79 Å². The summed E-state index contributed by atoms with van der Waals surface area (Å²) in [6.45, 7) is 6.76. The molecule has 5 heteroatoms. The quantitative estimate of drug-likeness (QED) is 0.761. The number of benzene rings is 1. The largest absolute Gasteiger partial charge is 0.375 e. The Labute approximate surface area is 142 Å². The van der Waals surface area contributed by atoms with Gasteiger partial charge in [0.05, 0.1) is 18.6 Å². The minimum absolute atomic E-state index is 0.0363. The zero-order valence-electron chi connectivity index (χ0n) is 13.2. The van der Waals surface area contributed by atoms with Crippen molar-refractivity contribution in [1.82, 2.24) is 5.32 Å². The lowest BCUT2D eigenvalue weighted by molar-refractivity contribution is -0.128. The second-order valence-corrected chi connectivity index (χ2v) is 7.43. The van der Waals surface area contributed by atoms with Gasteiger partial charge in [0, 0.05) is 12.0 Å². The number of hydrogen-bond donors (Lipinski definition) is 1. The summed E-state index contributed by atoms with van der Waals surface area (Å²) in [5.41, 5.74) is 0.437. The molecule has 1 aliphatic rings. The lowest BCUT2D eigenvalue weighted by Gasteiger charge is -2.20. The van der Waals surface area contributed by atoms with Gasteiger partial charge in [-0.15, -0.1) is 23.2 Å².